The molecule has 2 heterocycles. The molecule has 0 radical (unpaired) electrons. The van der Waals surface area contributed by atoms with E-state index in [2.05, 4.69) is 0 Å². The summed E-state index contributed by atoms with van der Waals surface area (Å²) in [4.78, 5) is 59.4. The monoisotopic (exact) mass is 538 g/mol. The number of methoxy groups -OCH3 is 1. The highest BCUT2D eigenvalue weighted by Crippen LogP contribution is 2.33. The quantitative estimate of drug-likeness (QED) is 0.358. The number of thiophene rings is 1. The Balaban J connectivity index is 1.98. The van der Waals surface area contributed by atoms with Crippen molar-refractivity contribution >= 4 is 51.3 Å². The molecule has 0 bridgehead atoms. The Morgan fingerprint density at radius 3 is 2.05 bits per heavy atom. The van der Waals surface area contributed by atoms with Crippen molar-refractivity contribution in [3.63, 3.8) is 0 Å². The maximum Gasteiger partial charge on any atom is 0.348 e. The normalized spacial score (nSPS) is 23.0. The van der Waals surface area contributed by atoms with Gasteiger partial charge in [-0.15, -0.1) is 11.3 Å². The summed E-state index contributed by atoms with van der Waals surface area (Å²) in [6.45, 7) is 4.21. The molecule has 5 atom stereocenters. The third-order valence-electron chi connectivity index (χ3n) is 5.07. The Labute approximate surface area is 215 Å². The lowest BCUT2D eigenvalue weighted by Gasteiger charge is -2.43. The van der Waals surface area contributed by atoms with Crippen LogP contribution in [0.4, 0.5) is 0 Å². The van der Waals surface area contributed by atoms with Crippen molar-refractivity contribution in [3.8, 4) is 5.75 Å². The van der Waals surface area contributed by atoms with Crippen LogP contribution in [-0.2, 0) is 47.6 Å². The first-order valence-electron chi connectivity index (χ1n) is 11.1. The van der Waals surface area contributed by atoms with Crippen LogP contribution < -0.4 is 4.74 Å². The molecule has 2 aromatic rings. The van der Waals surface area contributed by atoms with Crippen molar-refractivity contribution in [3.05, 3.63) is 29.1 Å². The zero-order valence-corrected chi connectivity index (χ0v) is 21.5. The van der Waals surface area contributed by atoms with Crippen LogP contribution in [0.25, 0.3) is 10.1 Å². The lowest BCUT2D eigenvalue weighted by atomic mass is 9.98. The van der Waals surface area contributed by atoms with Gasteiger partial charge in [0, 0.05) is 32.4 Å². The molecule has 1 aromatic carbocycles. The van der Waals surface area contributed by atoms with Crippen LogP contribution in [0.5, 0.6) is 5.75 Å². The number of carbonyl (C=O) groups is 5. The van der Waals surface area contributed by atoms with Crippen LogP contribution in [0.15, 0.2) is 24.3 Å². The molecule has 3 rings (SSSR count). The Bertz CT molecular complexity index is 1190. The fourth-order valence-corrected chi connectivity index (χ4v) is 4.67. The molecule has 1 fully saturated rings. The van der Waals surface area contributed by atoms with Gasteiger partial charge in [0.2, 0.25) is 12.4 Å². The minimum atomic E-state index is -1.36. The largest absolute Gasteiger partial charge is 0.465 e. The molecule has 13 heteroatoms. The number of ether oxygens (including phenoxy) is 7. The van der Waals surface area contributed by atoms with E-state index < -0.39 is 60.6 Å². The minimum Gasteiger partial charge on any atom is -0.465 e. The summed E-state index contributed by atoms with van der Waals surface area (Å²) in [5, 5.41) is 0.675. The maximum atomic E-state index is 11.9. The van der Waals surface area contributed by atoms with Gasteiger partial charge >= 0.3 is 29.8 Å². The highest BCUT2D eigenvalue weighted by atomic mass is 32.1. The summed E-state index contributed by atoms with van der Waals surface area (Å²) < 4.78 is 38.6. The molecule has 1 aromatic heterocycles. The van der Waals surface area contributed by atoms with Crippen LogP contribution in [-0.4, -0.2) is 74.3 Å². The molecule has 0 aliphatic carbocycles. The van der Waals surface area contributed by atoms with Crippen LogP contribution in [0.1, 0.15) is 37.4 Å². The van der Waals surface area contributed by atoms with Gasteiger partial charge in [0.05, 0.1) is 7.11 Å². The summed E-state index contributed by atoms with van der Waals surface area (Å²) in [6.07, 6.45) is -6.49. The van der Waals surface area contributed by atoms with E-state index in [4.69, 9.17) is 33.2 Å². The molecule has 1 saturated heterocycles. The van der Waals surface area contributed by atoms with Crippen molar-refractivity contribution in [2.75, 3.05) is 13.7 Å². The molecule has 0 amide bonds. The molecular weight excluding hydrogens is 512 g/mol. The molecule has 1 aliphatic heterocycles. The van der Waals surface area contributed by atoms with Gasteiger partial charge in [-0.3, -0.25) is 19.2 Å². The van der Waals surface area contributed by atoms with Crippen LogP contribution in [0.3, 0.4) is 0 Å². The average Bonchev–Trinajstić information content (AvgIpc) is 3.23. The van der Waals surface area contributed by atoms with Crippen molar-refractivity contribution in [1.82, 2.24) is 0 Å². The topological polar surface area (TPSA) is 150 Å². The van der Waals surface area contributed by atoms with Gasteiger partial charge in [-0.1, -0.05) is 0 Å². The number of esters is 5. The summed E-state index contributed by atoms with van der Waals surface area (Å²) >= 11 is 1.23. The van der Waals surface area contributed by atoms with Crippen molar-refractivity contribution in [1.29, 1.82) is 0 Å². The summed E-state index contributed by atoms with van der Waals surface area (Å²) in [6, 6.07) is 6.58. The van der Waals surface area contributed by atoms with Gasteiger partial charge in [0.25, 0.3) is 0 Å². The zero-order valence-electron chi connectivity index (χ0n) is 20.7. The first kappa shape index (κ1) is 27.9. The van der Waals surface area contributed by atoms with E-state index in [1.807, 2.05) is 0 Å². The average molecular weight is 539 g/mol. The van der Waals surface area contributed by atoms with Gasteiger partial charge in [-0.2, -0.15) is 0 Å². The molecule has 1 aliphatic rings. The molecule has 0 unspecified atom stereocenters. The second-order valence-electron chi connectivity index (χ2n) is 7.99. The first-order chi connectivity index (χ1) is 17.5. The predicted octanol–water partition coefficient (Wildman–Crippen LogP) is 2.15. The zero-order chi connectivity index (χ0) is 27.3. The van der Waals surface area contributed by atoms with Crippen molar-refractivity contribution < 1.29 is 57.1 Å². The van der Waals surface area contributed by atoms with E-state index in [9.17, 15) is 24.0 Å². The van der Waals surface area contributed by atoms with Gasteiger partial charge in [-0.05, 0) is 29.7 Å². The summed E-state index contributed by atoms with van der Waals surface area (Å²) in [5.41, 5.74) is 0. The number of rotatable bonds is 8. The number of carbonyl (C=O) groups excluding carboxylic acids is 5. The highest BCUT2D eigenvalue weighted by Gasteiger charge is 2.53. The molecule has 200 valence electrons. The fraction of sp³-hybridized carbons (Fsp3) is 0.458. The molecule has 12 nitrogen and oxygen atoms in total. The second kappa shape index (κ2) is 12.0. The number of benzene rings is 1. The fourth-order valence-electron chi connectivity index (χ4n) is 3.71. The third kappa shape index (κ3) is 7.17. The van der Waals surface area contributed by atoms with Crippen LogP contribution in [0, 0.1) is 0 Å². The number of fused-ring (bicyclic) bond motifs is 1. The smallest absolute Gasteiger partial charge is 0.348 e. The van der Waals surface area contributed by atoms with Crippen LogP contribution >= 0.6 is 11.3 Å². The van der Waals surface area contributed by atoms with E-state index in [0.29, 0.717) is 10.3 Å². The third-order valence-corrected chi connectivity index (χ3v) is 6.17. The Hall–Kier alpha value is -3.71. The van der Waals surface area contributed by atoms with E-state index in [1.165, 1.54) is 25.4 Å². The van der Waals surface area contributed by atoms with Crippen LogP contribution in [0.2, 0.25) is 0 Å². The lowest BCUT2D eigenvalue weighted by Crippen LogP contribution is -2.63. The molecule has 37 heavy (non-hydrogen) atoms. The van der Waals surface area contributed by atoms with Crippen molar-refractivity contribution in [2.24, 2.45) is 0 Å². The molecule has 0 spiro atoms. The van der Waals surface area contributed by atoms with E-state index in [0.717, 1.165) is 25.5 Å². The molecule has 0 N–H and O–H groups in total. The molecular formula is C24H26O12S. The van der Waals surface area contributed by atoms with Gasteiger partial charge in [0.15, 0.2) is 12.2 Å². The maximum absolute atomic E-state index is 11.9. The Morgan fingerprint density at radius 2 is 1.46 bits per heavy atom. The van der Waals surface area contributed by atoms with E-state index in [1.54, 1.807) is 24.3 Å². The minimum absolute atomic E-state index is 0.266. The highest BCUT2D eigenvalue weighted by molar-refractivity contribution is 7.20. The van der Waals surface area contributed by atoms with Gasteiger partial charge in [-0.25, -0.2) is 4.79 Å². The number of hydrogen-bond acceptors (Lipinski definition) is 13. The second-order valence-corrected chi connectivity index (χ2v) is 9.07. The SMILES string of the molecule is COC(=O)c1cc2cc(O[C@H]3O[C@H](COC(C)=O)[C@@H](OC(C)=O)[C@H](OC(C)=O)[C@@H]3OC(C)=O)ccc2s1. The Morgan fingerprint density at radius 1 is 0.838 bits per heavy atom. The van der Waals surface area contributed by atoms with Crippen molar-refractivity contribution in [2.45, 2.75) is 58.4 Å². The first-order valence-corrected chi connectivity index (χ1v) is 11.9. The van der Waals surface area contributed by atoms with E-state index >= 15 is 0 Å². The van der Waals surface area contributed by atoms with Gasteiger partial charge in [0.1, 0.15) is 23.3 Å². The standard InChI is InChI=1S/C24H26O12S/c1-11(25)31-10-17-20(32-12(2)26)21(33-13(3)27)22(34-14(4)28)24(36-17)35-16-6-7-18-15(8-16)9-19(37-18)23(29)30-5/h6-9,17,20-22,24H,10H2,1-5H3/t17-,20-,21+,22+,24+/m1/s1. The molecule has 0 saturated carbocycles. The van der Waals surface area contributed by atoms with E-state index in [-0.39, 0.29) is 12.4 Å². The number of hydrogen-bond donors (Lipinski definition) is 0. The summed E-state index contributed by atoms with van der Waals surface area (Å²) in [5.74, 6) is -3.07. The predicted molar refractivity (Wildman–Crippen MR) is 126 cm³/mol. The van der Waals surface area contributed by atoms with Gasteiger partial charge < -0.3 is 33.2 Å². The lowest BCUT2D eigenvalue weighted by molar-refractivity contribution is -0.288. The summed E-state index contributed by atoms with van der Waals surface area (Å²) in [7, 11) is 1.28. The Kier molecular flexibility index (Phi) is 9.05.